The van der Waals surface area contributed by atoms with Gasteiger partial charge in [0.25, 0.3) is 0 Å². The standard InChI is InChI=1S/C15H30N2O2/c1-4-15(2)12-16-14(13-5-6-13)11-17(15)7-8-19-10-9-18-3/h13-14,16H,4-12H2,1-3H3. The summed E-state index contributed by atoms with van der Waals surface area (Å²) in [5, 5.41) is 3.76. The zero-order chi connectivity index (χ0) is 13.7. The highest BCUT2D eigenvalue weighted by Gasteiger charge is 2.41. The van der Waals surface area contributed by atoms with Crippen LogP contribution in [-0.2, 0) is 9.47 Å². The monoisotopic (exact) mass is 270 g/mol. The highest BCUT2D eigenvalue weighted by atomic mass is 16.5. The summed E-state index contributed by atoms with van der Waals surface area (Å²) < 4.78 is 10.6. The molecule has 1 heterocycles. The van der Waals surface area contributed by atoms with Gasteiger partial charge in [-0.2, -0.15) is 0 Å². The Balaban J connectivity index is 1.78. The van der Waals surface area contributed by atoms with Gasteiger partial charge in [-0.1, -0.05) is 6.92 Å². The lowest BCUT2D eigenvalue weighted by Gasteiger charge is -2.48. The summed E-state index contributed by atoms with van der Waals surface area (Å²) in [4.78, 5) is 2.64. The van der Waals surface area contributed by atoms with Crippen LogP contribution in [0.4, 0.5) is 0 Å². The van der Waals surface area contributed by atoms with E-state index in [2.05, 4.69) is 24.1 Å². The van der Waals surface area contributed by atoms with Crippen LogP contribution in [0.1, 0.15) is 33.1 Å². The van der Waals surface area contributed by atoms with Crippen LogP contribution in [0.5, 0.6) is 0 Å². The topological polar surface area (TPSA) is 33.7 Å². The maximum Gasteiger partial charge on any atom is 0.0700 e. The third kappa shape index (κ3) is 4.15. The fraction of sp³-hybridized carbons (Fsp3) is 1.00. The number of hydrogen-bond acceptors (Lipinski definition) is 4. The zero-order valence-electron chi connectivity index (χ0n) is 12.8. The largest absolute Gasteiger partial charge is 0.382 e. The Bertz CT molecular complexity index is 271. The summed E-state index contributed by atoms with van der Waals surface area (Å²) in [6.45, 7) is 10.2. The van der Waals surface area contributed by atoms with Gasteiger partial charge in [0.05, 0.1) is 19.8 Å². The predicted octanol–water partition coefficient (Wildman–Crippen LogP) is 1.50. The number of ether oxygens (including phenoxy) is 2. The number of rotatable bonds is 8. The Kier molecular flexibility index (Phi) is 5.63. The highest BCUT2D eigenvalue weighted by molar-refractivity contribution is 4.99. The number of hydrogen-bond donors (Lipinski definition) is 1. The van der Waals surface area contributed by atoms with Gasteiger partial charge in [0, 0.05) is 38.3 Å². The van der Waals surface area contributed by atoms with Crippen LogP contribution in [0, 0.1) is 5.92 Å². The molecule has 2 unspecified atom stereocenters. The summed E-state index contributed by atoms with van der Waals surface area (Å²) in [5.74, 6) is 0.929. The molecular formula is C15H30N2O2. The van der Waals surface area contributed by atoms with Gasteiger partial charge in [-0.3, -0.25) is 4.90 Å². The zero-order valence-corrected chi connectivity index (χ0v) is 12.8. The third-order valence-corrected chi connectivity index (χ3v) is 4.82. The first kappa shape index (κ1) is 15.2. The van der Waals surface area contributed by atoms with Crippen molar-refractivity contribution < 1.29 is 9.47 Å². The molecule has 0 aromatic heterocycles. The molecule has 1 N–H and O–H groups in total. The van der Waals surface area contributed by atoms with Gasteiger partial charge in [0.2, 0.25) is 0 Å². The Labute approximate surface area is 117 Å². The van der Waals surface area contributed by atoms with Gasteiger partial charge < -0.3 is 14.8 Å². The Morgan fingerprint density at radius 2 is 2.05 bits per heavy atom. The lowest BCUT2D eigenvalue weighted by Crippen LogP contribution is -2.64. The van der Waals surface area contributed by atoms with Crippen LogP contribution in [0.3, 0.4) is 0 Å². The first-order valence-corrected chi connectivity index (χ1v) is 7.74. The average molecular weight is 270 g/mol. The smallest absolute Gasteiger partial charge is 0.0700 e. The molecule has 0 aromatic rings. The summed E-state index contributed by atoms with van der Waals surface area (Å²) >= 11 is 0. The van der Waals surface area contributed by atoms with Gasteiger partial charge >= 0.3 is 0 Å². The van der Waals surface area contributed by atoms with E-state index in [0.29, 0.717) is 19.3 Å². The molecule has 2 rings (SSSR count). The molecule has 0 aromatic carbocycles. The predicted molar refractivity (Wildman–Crippen MR) is 77.5 cm³/mol. The van der Waals surface area contributed by atoms with Gasteiger partial charge in [0.1, 0.15) is 0 Å². The number of piperazine rings is 1. The minimum atomic E-state index is 0.288. The molecule has 4 heteroatoms. The molecule has 0 radical (unpaired) electrons. The van der Waals surface area contributed by atoms with Crippen LogP contribution in [-0.4, -0.2) is 63.0 Å². The minimum absolute atomic E-state index is 0.288. The van der Waals surface area contributed by atoms with Crippen LogP contribution in [0.15, 0.2) is 0 Å². The molecule has 4 nitrogen and oxygen atoms in total. The second kappa shape index (κ2) is 7.02. The van der Waals surface area contributed by atoms with Crippen LogP contribution >= 0.6 is 0 Å². The van der Waals surface area contributed by atoms with Crippen molar-refractivity contribution in [3.63, 3.8) is 0 Å². The van der Waals surface area contributed by atoms with Gasteiger partial charge in [-0.15, -0.1) is 0 Å². The Hall–Kier alpha value is -0.160. The van der Waals surface area contributed by atoms with E-state index in [0.717, 1.165) is 25.6 Å². The summed E-state index contributed by atoms with van der Waals surface area (Å²) in [6, 6.07) is 0.707. The second-order valence-electron chi connectivity index (χ2n) is 6.23. The summed E-state index contributed by atoms with van der Waals surface area (Å²) in [6.07, 6.45) is 4.02. The Morgan fingerprint density at radius 3 is 2.68 bits per heavy atom. The van der Waals surface area contributed by atoms with Crippen molar-refractivity contribution in [3.8, 4) is 0 Å². The first-order valence-electron chi connectivity index (χ1n) is 7.74. The van der Waals surface area contributed by atoms with E-state index < -0.39 is 0 Å². The van der Waals surface area contributed by atoms with Crippen molar-refractivity contribution in [2.45, 2.75) is 44.7 Å². The normalized spacial score (nSPS) is 32.7. The minimum Gasteiger partial charge on any atom is -0.382 e. The second-order valence-corrected chi connectivity index (χ2v) is 6.23. The molecule has 0 bridgehead atoms. The maximum atomic E-state index is 5.64. The van der Waals surface area contributed by atoms with Crippen molar-refractivity contribution in [3.05, 3.63) is 0 Å². The van der Waals surface area contributed by atoms with E-state index in [1.165, 1.54) is 25.8 Å². The SMILES string of the molecule is CCC1(C)CNC(C2CC2)CN1CCOCCOC. The molecule has 112 valence electrons. The van der Waals surface area contributed by atoms with Crippen molar-refractivity contribution in [1.82, 2.24) is 10.2 Å². The summed E-state index contributed by atoms with van der Waals surface area (Å²) in [7, 11) is 1.72. The van der Waals surface area contributed by atoms with E-state index in [9.17, 15) is 0 Å². The number of methoxy groups -OCH3 is 1. The van der Waals surface area contributed by atoms with Gasteiger partial charge in [0.15, 0.2) is 0 Å². The molecule has 1 aliphatic carbocycles. The van der Waals surface area contributed by atoms with Crippen molar-refractivity contribution in [2.75, 3.05) is 46.6 Å². The van der Waals surface area contributed by atoms with Crippen LogP contribution in [0.25, 0.3) is 0 Å². The lowest BCUT2D eigenvalue weighted by molar-refractivity contribution is 0.00440. The molecule has 1 saturated heterocycles. The Morgan fingerprint density at radius 1 is 1.26 bits per heavy atom. The van der Waals surface area contributed by atoms with E-state index in [1.807, 2.05) is 0 Å². The van der Waals surface area contributed by atoms with Crippen molar-refractivity contribution >= 4 is 0 Å². The first-order chi connectivity index (χ1) is 9.19. The molecule has 2 atom stereocenters. The average Bonchev–Trinajstić information content (AvgIpc) is 3.25. The fourth-order valence-electron chi connectivity index (χ4n) is 2.93. The molecule has 1 saturated carbocycles. The van der Waals surface area contributed by atoms with Gasteiger partial charge in [-0.25, -0.2) is 0 Å². The number of nitrogens with one attached hydrogen (secondary N) is 1. The maximum absolute atomic E-state index is 5.64. The molecule has 2 aliphatic rings. The molecule has 1 aliphatic heterocycles. The molecule has 2 fully saturated rings. The van der Waals surface area contributed by atoms with Crippen molar-refractivity contribution in [1.29, 1.82) is 0 Å². The van der Waals surface area contributed by atoms with E-state index in [1.54, 1.807) is 7.11 Å². The van der Waals surface area contributed by atoms with Crippen LogP contribution < -0.4 is 5.32 Å². The number of nitrogens with zero attached hydrogens (tertiary/aromatic N) is 1. The fourth-order valence-corrected chi connectivity index (χ4v) is 2.93. The molecular weight excluding hydrogens is 240 g/mol. The van der Waals surface area contributed by atoms with Crippen LogP contribution in [0.2, 0.25) is 0 Å². The summed E-state index contributed by atoms with van der Waals surface area (Å²) in [5.41, 5.74) is 0.288. The quantitative estimate of drug-likeness (QED) is 0.678. The highest BCUT2D eigenvalue weighted by Crippen LogP contribution is 2.36. The van der Waals surface area contributed by atoms with E-state index in [-0.39, 0.29) is 5.54 Å². The van der Waals surface area contributed by atoms with Crippen molar-refractivity contribution in [2.24, 2.45) is 5.92 Å². The van der Waals surface area contributed by atoms with E-state index in [4.69, 9.17) is 9.47 Å². The lowest BCUT2D eigenvalue weighted by atomic mass is 9.91. The molecule has 0 spiro atoms. The molecule has 0 amide bonds. The third-order valence-electron chi connectivity index (χ3n) is 4.82. The molecule has 19 heavy (non-hydrogen) atoms. The van der Waals surface area contributed by atoms with Gasteiger partial charge in [-0.05, 0) is 32.1 Å². The van der Waals surface area contributed by atoms with E-state index >= 15 is 0 Å².